The van der Waals surface area contributed by atoms with Crippen LogP contribution < -0.4 is 10.2 Å². The second-order valence-corrected chi connectivity index (χ2v) is 5.57. The summed E-state index contributed by atoms with van der Waals surface area (Å²) in [4.78, 5) is 2.20. The fraction of sp³-hybridized carbons (Fsp3) is 0.625. The van der Waals surface area contributed by atoms with E-state index in [0.29, 0.717) is 5.41 Å². The molecule has 1 aliphatic heterocycles. The minimum atomic E-state index is -0.107. The molecular formula is C16H25FN2. The molecule has 1 fully saturated rings. The lowest BCUT2D eigenvalue weighted by Crippen LogP contribution is -2.44. The summed E-state index contributed by atoms with van der Waals surface area (Å²) in [5, 5.41) is 3.42. The number of nitrogens with one attached hydrogen (secondary N) is 1. The highest BCUT2D eigenvalue weighted by Crippen LogP contribution is 2.35. The second-order valence-electron chi connectivity index (χ2n) is 5.57. The van der Waals surface area contributed by atoms with E-state index in [1.165, 1.54) is 19.3 Å². The molecule has 1 N–H and O–H groups in total. The quantitative estimate of drug-likeness (QED) is 0.876. The van der Waals surface area contributed by atoms with Gasteiger partial charge in [0.15, 0.2) is 0 Å². The fourth-order valence-corrected chi connectivity index (χ4v) is 3.06. The molecule has 0 amide bonds. The van der Waals surface area contributed by atoms with E-state index in [1.807, 2.05) is 12.1 Å². The van der Waals surface area contributed by atoms with Crippen LogP contribution in [-0.4, -0.2) is 26.2 Å². The molecule has 1 aromatic rings. The molecule has 0 aromatic heterocycles. The molecule has 1 aromatic carbocycles. The van der Waals surface area contributed by atoms with Gasteiger partial charge in [0.05, 0.1) is 5.69 Å². The van der Waals surface area contributed by atoms with E-state index >= 15 is 0 Å². The number of hydrogen-bond acceptors (Lipinski definition) is 2. The van der Waals surface area contributed by atoms with Crippen molar-refractivity contribution in [3.8, 4) is 0 Å². The summed E-state index contributed by atoms with van der Waals surface area (Å²) in [6.07, 6.45) is 3.54. The highest BCUT2D eigenvalue weighted by atomic mass is 19.1. The van der Waals surface area contributed by atoms with Crippen molar-refractivity contribution < 1.29 is 4.39 Å². The Morgan fingerprint density at radius 2 is 1.89 bits per heavy atom. The van der Waals surface area contributed by atoms with E-state index < -0.39 is 0 Å². The van der Waals surface area contributed by atoms with E-state index in [0.717, 1.165) is 31.9 Å². The number of nitrogens with zero attached hydrogens (tertiary/aromatic N) is 1. The summed E-state index contributed by atoms with van der Waals surface area (Å²) < 4.78 is 14.0. The summed E-state index contributed by atoms with van der Waals surface area (Å²) in [7, 11) is 0. The molecule has 1 heterocycles. The predicted octanol–water partition coefficient (Wildman–Crippen LogP) is 3.43. The summed E-state index contributed by atoms with van der Waals surface area (Å²) >= 11 is 0. The van der Waals surface area contributed by atoms with Crippen molar-refractivity contribution in [1.29, 1.82) is 0 Å². The third-order valence-corrected chi connectivity index (χ3v) is 4.52. The topological polar surface area (TPSA) is 15.3 Å². The Bertz CT molecular complexity index is 399. The first-order chi connectivity index (χ1) is 9.21. The first kappa shape index (κ1) is 14.3. The minimum absolute atomic E-state index is 0.107. The molecule has 0 radical (unpaired) electrons. The number of piperidine rings is 1. The second kappa shape index (κ2) is 6.38. The van der Waals surface area contributed by atoms with E-state index in [4.69, 9.17) is 0 Å². The van der Waals surface area contributed by atoms with Crippen molar-refractivity contribution in [3.63, 3.8) is 0 Å². The molecule has 0 atom stereocenters. The van der Waals surface area contributed by atoms with Crippen LogP contribution in [-0.2, 0) is 0 Å². The molecular weight excluding hydrogens is 239 g/mol. The Morgan fingerprint density at radius 1 is 1.21 bits per heavy atom. The van der Waals surface area contributed by atoms with Crippen molar-refractivity contribution in [2.45, 2.75) is 33.1 Å². The molecule has 2 rings (SSSR count). The lowest BCUT2D eigenvalue weighted by Gasteiger charge is -2.41. The van der Waals surface area contributed by atoms with E-state index in [9.17, 15) is 4.39 Å². The van der Waals surface area contributed by atoms with E-state index in [2.05, 4.69) is 24.1 Å². The van der Waals surface area contributed by atoms with Crippen LogP contribution in [0.4, 0.5) is 10.1 Å². The highest BCUT2D eigenvalue weighted by Gasteiger charge is 2.32. The third kappa shape index (κ3) is 3.27. The van der Waals surface area contributed by atoms with Gasteiger partial charge in [0, 0.05) is 13.1 Å². The third-order valence-electron chi connectivity index (χ3n) is 4.52. The van der Waals surface area contributed by atoms with Crippen LogP contribution in [0.15, 0.2) is 24.3 Å². The van der Waals surface area contributed by atoms with Crippen molar-refractivity contribution in [2.75, 3.05) is 31.1 Å². The smallest absolute Gasteiger partial charge is 0.146 e. The van der Waals surface area contributed by atoms with Gasteiger partial charge in [-0.05, 0) is 56.8 Å². The Labute approximate surface area is 116 Å². The van der Waals surface area contributed by atoms with Gasteiger partial charge in [-0.1, -0.05) is 19.1 Å². The maximum atomic E-state index is 14.0. The number of hydrogen-bond donors (Lipinski definition) is 1. The van der Waals surface area contributed by atoms with Crippen molar-refractivity contribution in [1.82, 2.24) is 5.32 Å². The zero-order valence-corrected chi connectivity index (χ0v) is 12.1. The van der Waals surface area contributed by atoms with Gasteiger partial charge in [0.25, 0.3) is 0 Å². The average Bonchev–Trinajstić information content (AvgIpc) is 2.47. The number of halogens is 1. The lowest BCUT2D eigenvalue weighted by molar-refractivity contribution is 0.198. The summed E-state index contributed by atoms with van der Waals surface area (Å²) in [5.41, 5.74) is 1.08. The van der Waals surface area contributed by atoms with Gasteiger partial charge < -0.3 is 10.2 Å². The molecule has 0 saturated carbocycles. The van der Waals surface area contributed by atoms with Crippen LogP contribution in [0.3, 0.4) is 0 Å². The fourth-order valence-electron chi connectivity index (χ4n) is 3.06. The van der Waals surface area contributed by atoms with E-state index in [1.54, 1.807) is 12.1 Å². The van der Waals surface area contributed by atoms with Gasteiger partial charge in [0.1, 0.15) is 5.82 Å². The Kier molecular flexibility index (Phi) is 4.81. The summed E-state index contributed by atoms with van der Waals surface area (Å²) in [5.74, 6) is -0.107. The van der Waals surface area contributed by atoms with E-state index in [-0.39, 0.29) is 5.82 Å². The van der Waals surface area contributed by atoms with Gasteiger partial charge in [-0.3, -0.25) is 0 Å². The van der Waals surface area contributed by atoms with Crippen molar-refractivity contribution >= 4 is 5.69 Å². The maximum absolute atomic E-state index is 14.0. The number of para-hydroxylation sites is 1. The number of rotatable bonds is 5. The molecule has 106 valence electrons. The van der Waals surface area contributed by atoms with Gasteiger partial charge >= 0.3 is 0 Å². The molecule has 19 heavy (non-hydrogen) atoms. The van der Waals surface area contributed by atoms with Crippen LogP contribution in [0.2, 0.25) is 0 Å². The molecule has 2 nitrogen and oxygen atoms in total. The van der Waals surface area contributed by atoms with Gasteiger partial charge in [-0.15, -0.1) is 0 Å². The molecule has 1 saturated heterocycles. The van der Waals surface area contributed by atoms with Gasteiger partial charge in [-0.2, -0.15) is 0 Å². The standard InChI is InChI=1S/C16H25FN2/c1-3-16(9-11-18-12-10-16)13-19(4-2)15-8-6-5-7-14(15)17/h5-8,18H,3-4,9-13H2,1-2H3. The molecule has 0 bridgehead atoms. The van der Waals surface area contributed by atoms with Crippen LogP contribution in [0.25, 0.3) is 0 Å². The monoisotopic (exact) mass is 264 g/mol. The highest BCUT2D eigenvalue weighted by molar-refractivity contribution is 5.47. The van der Waals surface area contributed by atoms with Crippen molar-refractivity contribution in [2.24, 2.45) is 5.41 Å². The molecule has 0 aliphatic carbocycles. The Morgan fingerprint density at radius 3 is 2.47 bits per heavy atom. The number of anilines is 1. The van der Waals surface area contributed by atoms with Gasteiger partial charge in [-0.25, -0.2) is 4.39 Å². The first-order valence-electron chi connectivity index (χ1n) is 7.41. The first-order valence-corrected chi connectivity index (χ1v) is 7.41. The normalized spacial score (nSPS) is 18.3. The predicted molar refractivity (Wildman–Crippen MR) is 79.1 cm³/mol. The Balaban J connectivity index is 2.16. The van der Waals surface area contributed by atoms with Crippen LogP contribution in [0.5, 0.6) is 0 Å². The van der Waals surface area contributed by atoms with Crippen LogP contribution in [0, 0.1) is 11.2 Å². The average molecular weight is 264 g/mol. The molecule has 3 heteroatoms. The van der Waals surface area contributed by atoms with Crippen LogP contribution >= 0.6 is 0 Å². The van der Waals surface area contributed by atoms with Gasteiger partial charge in [0.2, 0.25) is 0 Å². The zero-order chi connectivity index (χ0) is 13.7. The number of benzene rings is 1. The summed E-state index contributed by atoms with van der Waals surface area (Å²) in [6.45, 7) is 8.36. The molecule has 0 spiro atoms. The lowest BCUT2D eigenvalue weighted by atomic mass is 9.76. The molecule has 1 aliphatic rings. The largest absolute Gasteiger partial charge is 0.369 e. The van der Waals surface area contributed by atoms with Crippen LogP contribution in [0.1, 0.15) is 33.1 Å². The summed E-state index contributed by atoms with van der Waals surface area (Å²) in [6, 6.07) is 7.12. The SMILES string of the molecule is CCN(CC1(CC)CCNCC1)c1ccccc1F. The minimum Gasteiger partial charge on any atom is -0.369 e. The molecule has 0 unspecified atom stereocenters. The maximum Gasteiger partial charge on any atom is 0.146 e. The zero-order valence-electron chi connectivity index (χ0n) is 12.1. The Hall–Kier alpha value is -1.09. The van der Waals surface area contributed by atoms with Crippen molar-refractivity contribution in [3.05, 3.63) is 30.1 Å².